The van der Waals surface area contributed by atoms with Gasteiger partial charge in [-0.1, -0.05) is 4.49 Å². The Labute approximate surface area is 152 Å². The van der Waals surface area contributed by atoms with Crippen molar-refractivity contribution in [2.75, 3.05) is 39.6 Å². The fourth-order valence-electron chi connectivity index (χ4n) is 3.97. The molecule has 0 unspecified atom stereocenters. The lowest BCUT2D eigenvalue weighted by Gasteiger charge is -2.39. The minimum atomic E-state index is -3.26. The number of ether oxygens (including phenoxy) is 1. The summed E-state index contributed by atoms with van der Waals surface area (Å²) in [4.78, 5) is 15.2. The SMILES string of the molecule is COC[C@@H]1CC2(CCN(C(=O)c3nnsc3C)CC2)CN1S(C)(=O)=O. The molecular weight excluding hydrogens is 364 g/mol. The summed E-state index contributed by atoms with van der Waals surface area (Å²) >= 11 is 1.23. The molecular formula is C15H24N4O4S2. The highest BCUT2D eigenvalue weighted by atomic mass is 32.2. The number of methoxy groups -OCH3 is 1. The van der Waals surface area contributed by atoms with Gasteiger partial charge in [0.15, 0.2) is 5.69 Å². The Morgan fingerprint density at radius 1 is 1.40 bits per heavy atom. The maximum Gasteiger partial charge on any atom is 0.275 e. The number of aryl methyl sites for hydroxylation is 1. The molecule has 1 aromatic rings. The van der Waals surface area contributed by atoms with Gasteiger partial charge >= 0.3 is 0 Å². The van der Waals surface area contributed by atoms with Crippen LogP contribution in [0, 0.1) is 12.3 Å². The molecule has 0 saturated carbocycles. The molecule has 3 heterocycles. The van der Waals surface area contributed by atoms with Crippen LogP contribution < -0.4 is 0 Å². The Hall–Kier alpha value is -1.10. The van der Waals surface area contributed by atoms with Gasteiger partial charge in [-0.05, 0) is 43.1 Å². The average Bonchev–Trinajstić information content (AvgIpc) is 3.12. The molecule has 0 N–H and O–H groups in total. The monoisotopic (exact) mass is 388 g/mol. The third kappa shape index (κ3) is 3.71. The second kappa shape index (κ2) is 6.90. The summed E-state index contributed by atoms with van der Waals surface area (Å²) < 4.78 is 34.8. The zero-order valence-corrected chi connectivity index (χ0v) is 16.4. The van der Waals surface area contributed by atoms with Crippen LogP contribution in [0.25, 0.3) is 0 Å². The van der Waals surface area contributed by atoms with Crippen LogP contribution >= 0.6 is 11.5 Å². The van der Waals surface area contributed by atoms with Crippen molar-refractivity contribution in [1.82, 2.24) is 18.8 Å². The number of sulfonamides is 1. The summed E-state index contributed by atoms with van der Waals surface area (Å²) in [5, 5.41) is 3.93. The highest BCUT2D eigenvalue weighted by molar-refractivity contribution is 7.88. The van der Waals surface area contributed by atoms with Gasteiger partial charge in [0.25, 0.3) is 5.91 Å². The predicted molar refractivity (Wildman–Crippen MR) is 94.0 cm³/mol. The molecule has 10 heteroatoms. The molecule has 1 aromatic heterocycles. The van der Waals surface area contributed by atoms with Gasteiger partial charge in [0.2, 0.25) is 10.0 Å². The molecule has 140 valence electrons. The Kier molecular flexibility index (Phi) is 5.16. The lowest BCUT2D eigenvalue weighted by atomic mass is 9.76. The van der Waals surface area contributed by atoms with E-state index in [1.807, 2.05) is 11.8 Å². The molecule has 0 aliphatic carbocycles. The smallest absolute Gasteiger partial charge is 0.275 e. The quantitative estimate of drug-likeness (QED) is 0.756. The predicted octanol–water partition coefficient (Wildman–Crippen LogP) is 0.749. The molecule has 1 amide bonds. The van der Waals surface area contributed by atoms with Crippen LogP contribution in [0.3, 0.4) is 0 Å². The number of rotatable bonds is 4. The number of piperidine rings is 1. The van der Waals surface area contributed by atoms with Gasteiger partial charge in [0.1, 0.15) is 0 Å². The Morgan fingerprint density at radius 2 is 2.08 bits per heavy atom. The van der Waals surface area contributed by atoms with E-state index in [4.69, 9.17) is 4.74 Å². The van der Waals surface area contributed by atoms with Gasteiger partial charge in [0.05, 0.1) is 17.7 Å². The highest BCUT2D eigenvalue weighted by Gasteiger charge is 2.49. The fourth-order valence-corrected chi connectivity index (χ4v) is 5.62. The summed E-state index contributed by atoms with van der Waals surface area (Å²) in [6.45, 7) is 4.00. The van der Waals surface area contributed by atoms with E-state index in [-0.39, 0.29) is 17.4 Å². The second-order valence-electron chi connectivity index (χ2n) is 7.09. The third-order valence-corrected chi connectivity index (χ3v) is 7.23. The van der Waals surface area contributed by atoms with Crippen molar-refractivity contribution in [3.05, 3.63) is 10.6 Å². The van der Waals surface area contributed by atoms with E-state index in [0.717, 1.165) is 24.1 Å². The van der Waals surface area contributed by atoms with Gasteiger partial charge < -0.3 is 9.64 Å². The first-order valence-corrected chi connectivity index (χ1v) is 10.9. The minimum absolute atomic E-state index is 0.0710. The Bertz CT molecular complexity index is 740. The number of hydrogen-bond acceptors (Lipinski definition) is 7. The fraction of sp³-hybridized carbons (Fsp3) is 0.800. The maximum absolute atomic E-state index is 12.6. The number of nitrogens with zero attached hydrogens (tertiary/aromatic N) is 4. The molecule has 0 aromatic carbocycles. The summed E-state index contributed by atoms with van der Waals surface area (Å²) in [6, 6.07) is -0.118. The molecule has 1 spiro atoms. The number of amides is 1. The topological polar surface area (TPSA) is 92.7 Å². The normalized spacial score (nSPS) is 24.1. The van der Waals surface area contributed by atoms with E-state index in [0.29, 0.717) is 31.9 Å². The van der Waals surface area contributed by atoms with Crippen LogP contribution in [0.5, 0.6) is 0 Å². The van der Waals surface area contributed by atoms with Crippen LogP contribution in [-0.4, -0.2) is 78.8 Å². The first-order chi connectivity index (χ1) is 11.8. The molecule has 0 bridgehead atoms. The van der Waals surface area contributed by atoms with Crippen LogP contribution in [0.2, 0.25) is 0 Å². The lowest BCUT2D eigenvalue weighted by Crippen LogP contribution is -2.45. The van der Waals surface area contributed by atoms with Crippen LogP contribution in [0.4, 0.5) is 0 Å². The number of likely N-dealkylation sites (tertiary alicyclic amines) is 1. The van der Waals surface area contributed by atoms with Crippen molar-refractivity contribution in [1.29, 1.82) is 0 Å². The second-order valence-corrected chi connectivity index (χ2v) is 9.98. The number of carbonyl (C=O) groups is 1. The van der Waals surface area contributed by atoms with Gasteiger partial charge in [-0.2, -0.15) is 4.31 Å². The van der Waals surface area contributed by atoms with Crippen molar-refractivity contribution in [3.63, 3.8) is 0 Å². The largest absolute Gasteiger partial charge is 0.383 e. The van der Waals surface area contributed by atoms with E-state index in [1.54, 1.807) is 11.4 Å². The van der Waals surface area contributed by atoms with E-state index in [9.17, 15) is 13.2 Å². The lowest BCUT2D eigenvalue weighted by molar-refractivity contribution is 0.0588. The molecule has 2 saturated heterocycles. The van der Waals surface area contributed by atoms with Crippen molar-refractivity contribution < 1.29 is 17.9 Å². The Balaban J connectivity index is 1.69. The number of aromatic nitrogens is 2. The van der Waals surface area contributed by atoms with Crippen LogP contribution in [0.15, 0.2) is 0 Å². The molecule has 2 fully saturated rings. The zero-order valence-electron chi connectivity index (χ0n) is 14.8. The highest BCUT2D eigenvalue weighted by Crippen LogP contribution is 2.44. The van der Waals surface area contributed by atoms with Crippen molar-refractivity contribution in [3.8, 4) is 0 Å². The maximum atomic E-state index is 12.6. The first kappa shape index (κ1) is 18.7. The summed E-state index contributed by atoms with van der Waals surface area (Å²) in [5.74, 6) is -0.0764. The average molecular weight is 389 g/mol. The molecule has 2 aliphatic rings. The summed E-state index contributed by atoms with van der Waals surface area (Å²) in [7, 11) is -1.67. The summed E-state index contributed by atoms with van der Waals surface area (Å²) in [6.07, 6.45) is 3.63. The van der Waals surface area contributed by atoms with Gasteiger partial charge in [-0.3, -0.25) is 4.79 Å². The molecule has 8 nitrogen and oxygen atoms in total. The first-order valence-electron chi connectivity index (χ1n) is 8.30. The molecule has 1 atom stereocenters. The molecule has 0 radical (unpaired) electrons. The molecule has 2 aliphatic heterocycles. The van der Waals surface area contributed by atoms with Crippen molar-refractivity contribution >= 4 is 27.5 Å². The van der Waals surface area contributed by atoms with Crippen molar-refractivity contribution in [2.24, 2.45) is 5.41 Å². The number of hydrogen-bond donors (Lipinski definition) is 0. The van der Waals surface area contributed by atoms with E-state index < -0.39 is 10.0 Å². The van der Waals surface area contributed by atoms with Crippen LogP contribution in [0.1, 0.15) is 34.6 Å². The van der Waals surface area contributed by atoms with Crippen molar-refractivity contribution in [2.45, 2.75) is 32.2 Å². The standard InChI is InChI=1S/C15H24N4O4S2/c1-11-13(16-17-24-11)14(20)18-6-4-15(5-7-18)8-12(9-23-2)19(10-15)25(3,21)22/h12H,4-10H2,1-3H3/t12-/m0/s1. The minimum Gasteiger partial charge on any atom is -0.383 e. The Morgan fingerprint density at radius 3 is 2.60 bits per heavy atom. The molecule has 3 rings (SSSR count). The van der Waals surface area contributed by atoms with E-state index in [2.05, 4.69) is 9.59 Å². The third-order valence-electron chi connectivity index (χ3n) is 5.32. The van der Waals surface area contributed by atoms with Gasteiger partial charge in [-0.15, -0.1) is 5.10 Å². The van der Waals surface area contributed by atoms with Crippen LogP contribution in [-0.2, 0) is 14.8 Å². The summed E-state index contributed by atoms with van der Waals surface area (Å²) in [5.41, 5.74) is 0.362. The zero-order chi connectivity index (χ0) is 18.2. The molecule has 25 heavy (non-hydrogen) atoms. The van der Waals surface area contributed by atoms with Gasteiger partial charge in [0, 0.05) is 32.8 Å². The number of carbonyl (C=O) groups excluding carboxylic acids is 1. The van der Waals surface area contributed by atoms with Gasteiger partial charge in [-0.25, -0.2) is 8.42 Å². The van der Waals surface area contributed by atoms with E-state index in [1.165, 1.54) is 17.8 Å². The van der Waals surface area contributed by atoms with E-state index >= 15 is 0 Å².